The van der Waals surface area contributed by atoms with Gasteiger partial charge in [0.15, 0.2) is 23.3 Å². The molecule has 1 aromatic heterocycles. The molecule has 0 spiro atoms. The number of nitrogens with zero attached hydrogens (tertiary/aromatic N) is 2. The molecule has 0 saturated heterocycles. The van der Waals surface area contributed by atoms with Crippen molar-refractivity contribution in [2.75, 3.05) is 0 Å². The highest BCUT2D eigenvalue weighted by atomic mass is 19.4. The maximum atomic E-state index is 14.8. The Bertz CT molecular complexity index is 1450. The van der Waals surface area contributed by atoms with Crippen LogP contribution in [0.25, 0.3) is 39.5 Å². The number of alkyl halides is 3. The van der Waals surface area contributed by atoms with Crippen molar-refractivity contribution in [3.8, 4) is 39.4 Å². The second-order valence-corrected chi connectivity index (χ2v) is 7.73. The van der Waals surface area contributed by atoms with E-state index in [-0.39, 0.29) is 28.1 Å². The Labute approximate surface area is 204 Å². The Morgan fingerprint density at radius 2 is 1.24 bits per heavy atom. The highest BCUT2D eigenvalue weighted by Gasteiger charge is 2.34. The summed E-state index contributed by atoms with van der Waals surface area (Å²) < 4.78 is 110. The zero-order valence-corrected chi connectivity index (χ0v) is 18.7. The van der Waals surface area contributed by atoms with Gasteiger partial charge in [0, 0.05) is 34.6 Å². The summed E-state index contributed by atoms with van der Waals surface area (Å²) in [5.74, 6) is -7.68. The molecule has 3 nitrogen and oxygen atoms in total. The fraction of sp³-hybridized carbons (Fsp3) is 0.0769. The first-order valence-corrected chi connectivity index (χ1v) is 10.4. The molecule has 0 saturated carbocycles. The van der Waals surface area contributed by atoms with Crippen LogP contribution in [0.4, 0.5) is 35.1 Å². The molecule has 1 heterocycles. The average Bonchev–Trinajstić information content (AvgIpc) is 2.85. The molecule has 0 aliphatic carbocycles. The number of allylic oxidation sites excluding steroid dienone is 1. The van der Waals surface area contributed by atoms with E-state index >= 15 is 0 Å². The van der Waals surface area contributed by atoms with E-state index in [2.05, 4.69) is 14.7 Å². The summed E-state index contributed by atoms with van der Waals surface area (Å²) in [6, 6.07) is 10.5. The lowest BCUT2D eigenvalue weighted by molar-refractivity contribution is -0.276. The van der Waals surface area contributed by atoms with E-state index in [9.17, 15) is 35.1 Å². The van der Waals surface area contributed by atoms with E-state index < -0.39 is 41.2 Å². The minimum absolute atomic E-state index is 0.0686. The number of halogens is 8. The molecule has 0 aliphatic heterocycles. The summed E-state index contributed by atoms with van der Waals surface area (Å²) in [6.07, 6.45) is -2.45. The van der Waals surface area contributed by atoms with Gasteiger partial charge in [-0.15, -0.1) is 13.2 Å². The molecule has 0 fully saturated rings. The molecule has 11 heteroatoms. The predicted molar refractivity (Wildman–Crippen MR) is 120 cm³/mol. The van der Waals surface area contributed by atoms with Gasteiger partial charge in [-0.05, 0) is 36.2 Å². The maximum Gasteiger partial charge on any atom is 0.573 e. The zero-order chi connectivity index (χ0) is 26.9. The van der Waals surface area contributed by atoms with Gasteiger partial charge in [0.25, 0.3) is 0 Å². The maximum absolute atomic E-state index is 14.8. The SMILES string of the molecule is CC(F)=C(F)c1ccc(-c2cnc(-c3ccc(-c4cc(F)c(OC(F)(F)F)c(F)c4)c(F)c3)nc2)cc1. The van der Waals surface area contributed by atoms with Gasteiger partial charge in [0.05, 0.1) is 0 Å². The van der Waals surface area contributed by atoms with E-state index in [0.717, 1.165) is 13.0 Å². The van der Waals surface area contributed by atoms with Crippen LogP contribution in [-0.4, -0.2) is 16.3 Å². The van der Waals surface area contributed by atoms with Gasteiger partial charge in [-0.1, -0.05) is 36.4 Å². The number of hydrogen-bond acceptors (Lipinski definition) is 3. The van der Waals surface area contributed by atoms with Gasteiger partial charge in [-0.25, -0.2) is 31.9 Å². The molecular formula is C26H14F8N2O. The Morgan fingerprint density at radius 3 is 1.76 bits per heavy atom. The lowest BCUT2D eigenvalue weighted by Crippen LogP contribution is -2.19. The molecule has 0 radical (unpaired) electrons. The van der Waals surface area contributed by atoms with E-state index in [1.165, 1.54) is 36.7 Å². The predicted octanol–water partition coefficient (Wildman–Crippen LogP) is 8.42. The fourth-order valence-corrected chi connectivity index (χ4v) is 3.45. The zero-order valence-electron chi connectivity index (χ0n) is 18.7. The van der Waals surface area contributed by atoms with Gasteiger partial charge >= 0.3 is 6.36 Å². The van der Waals surface area contributed by atoms with Crippen LogP contribution in [0.1, 0.15) is 12.5 Å². The van der Waals surface area contributed by atoms with Crippen molar-refractivity contribution in [2.24, 2.45) is 0 Å². The molecule has 37 heavy (non-hydrogen) atoms. The molecule has 190 valence electrons. The monoisotopic (exact) mass is 522 g/mol. The highest BCUT2D eigenvalue weighted by molar-refractivity contribution is 5.71. The lowest BCUT2D eigenvalue weighted by Gasteiger charge is -2.12. The summed E-state index contributed by atoms with van der Waals surface area (Å²) in [6.45, 7) is 1.00. The first-order valence-electron chi connectivity index (χ1n) is 10.4. The van der Waals surface area contributed by atoms with Crippen LogP contribution in [0, 0.1) is 17.5 Å². The Hall–Kier alpha value is -4.28. The first-order chi connectivity index (χ1) is 17.4. The molecule has 4 aromatic rings. The number of hydrogen-bond donors (Lipinski definition) is 0. The van der Waals surface area contributed by atoms with E-state index in [4.69, 9.17) is 0 Å². The van der Waals surface area contributed by atoms with E-state index in [1.54, 1.807) is 12.1 Å². The standard InChI is InChI=1S/C26H14F8N2O/c1-13(27)23(31)15-4-2-14(3-5-15)18-11-35-25(36-12-18)16-6-7-19(20(28)8-16)17-9-21(29)24(22(30)10-17)37-26(32,33)34/h2-12H,1H3. The van der Waals surface area contributed by atoms with Gasteiger partial charge in [0.1, 0.15) is 11.6 Å². The number of rotatable bonds is 5. The second-order valence-electron chi connectivity index (χ2n) is 7.73. The van der Waals surface area contributed by atoms with Crippen molar-refractivity contribution in [1.29, 1.82) is 0 Å². The van der Waals surface area contributed by atoms with Crippen molar-refractivity contribution in [3.63, 3.8) is 0 Å². The minimum atomic E-state index is -5.31. The Balaban J connectivity index is 1.58. The summed E-state index contributed by atoms with van der Waals surface area (Å²) in [4.78, 5) is 8.33. The Morgan fingerprint density at radius 1 is 0.703 bits per heavy atom. The van der Waals surface area contributed by atoms with Gasteiger partial charge in [0.2, 0.25) is 5.75 Å². The van der Waals surface area contributed by atoms with Crippen LogP contribution in [0.2, 0.25) is 0 Å². The molecule has 3 aromatic carbocycles. The van der Waals surface area contributed by atoms with Crippen LogP contribution < -0.4 is 4.74 Å². The van der Waals surface area contributed by atoms with E-state index in [1.807, 2.05) is 0 Å². The van der Waals surface area contributed by atoms with Gasteiger partial charge in [-0.3, -0.25) is 0 Å². The van der Waals surface area contributed by atoms with E-state index in [0.29, 0.717) is 23.3 Å². The van der Waals surface area contributed by atoms with Gasteiger partial charge in [-0.2, -0.15) is 0 Å². The third kappa shape index (κ3) is 5.76. The average molecular weight is 522 g/mol. The van der Waals surface area contributed by atoms with Crippen molar-refractivity contribution in [1.82, 2.24) is 9.97 Å². The fourth-order valence-electron chi connectivity index (χ4n) is 3.45. The van der Waals surface area contributed by atoms with Crippen LogP contribution >= 0.6 is 0 Å². The van der Waals surface area contributed by atoms with Crippen LogP contribution in [0.15, 0.2) is 72.8 Å². The van der Waals surface area contributed by atoms with Crippen LogP contribution in [-0.2, 0) is 0 Å². The molecule has 0 bridgehead atoms. The first kappa shape index (κ1) is 25.8. The molecule has 4 rings (SSSR count). The van der Waals surface area contributed by atoms with Crippen molar-refractivity contribution < 1.29 is 39.9 Å². The third-order valence-electron chi connectivity index (χ3n) is 5.18. The van der Waals surface area contributed by atoms with Crippen molar-refractivity contribution in [3.05, 3.63) is 95.8 Å². The molecule has 0 aliphatic rings. The summed E-state index contributed by atoms with van der Waals surface area (Å²) in [5, 5.41) is 0. The second kappa shape index (κ2) is 10.00. The van der Waals surface area contributed by atoms with Crippen molar-refractivity contribution in [2.45, 2.75) is 13.3 Å². The largest absolute Gasteiger partial charge is 0.573 e. The van der Waals surface area contributed by atoms with Gasteiger partial charge < -0.3 is 4.74 Å². The topological polar surface area (TPSA) is 35.0 Å². The summed E-state index contributed by atoms with van der Waals surface area (Å²) >= 11 is 0. The van der Waals surface area contributed by atoms with Crippen LogP contribution in [0.3, 0.4) is 0 Å². The summed E-state index contributed by atoms with van der Waals surface area (Å²) in [5.41, 5.74) is 0.819. The quantitative estimate of drug-likeness (QED) is 0.247. The van der Waals surface area contributed by atoms with Crippen molar-refractivity contribution >= 4 is 5.83 Å². The molecule has 0 unspecified atom stereocenters. The molecular weight excluding hydrogens is 508 g/mol. The number of ether oxygens (including phenoxy) is 1. The lowest BCUT2D eigenvalue weighted by atomic mass is 10.0. The smallest absolute Gasteiger partial charge is 0.399 e. The Kier molecular flexibility index (Phi) is 6.97. The normalized spacial score (nSPS) is 12.4. The minimum Gasteiger partial charge on any atom is -0.399 e. The number of benzene rings is 3. The number of aromatic nitrogens is 2. The molecule has 0 atom stereocenters. The molecule has 0 amide bonds. The molecule has 0 N–H and O–H groups in total. The van der Waals surface area contributed by atoms with Crippen LogP contribution in [0.5, 0.6) is 5.75 Å². The highest BCUT2D eigenvalue weighted by Crippen LogP contribution is 2.34. The third-order valence-corrected chi connectivity index (χ3v) is 5.18. The summed E-state index contributed by atoms with van der Waals surface area (Å²) in [7, 11) is 0.